The molecule has 2 atom stereocenters. The lowest BCUT2D eigenvalue weighted by Gasteiger charge is -2.46. The van der Waals surface area contributed by atoms with E-state index in [2.05, 4.69) is 36.5 Å². The Labute approximate surface area is 91.9 Å². The third-order valence-electron chi connectivity index (χ3n) is 4.37. The molecule has 1 saturated heterocycles. The highest BCUT2D eigenvalue weighted by atomic mass is 14.9. The maximum absolute atomic E-state index is 3.70. The number of rotatable bonds is 0. The van der Waals surface area contributed by atoms with Gasteiger partial charge in [0.2, 0.25) is 0 Å². The zero-order valence-corrected chi connectivity index (χ0v) is 9.42. The van der Waals surface area contributed by atoms with Gasteiger partial charge in [-0.15, -0.1) is 0 Å². The number of nitrogens with one attached hydrogen (secondary N) is 1. The van der Waals surface area contributed by atoms with E-state index in [0.29, 0.717) is 11.5 Å². The average Bonchev–Trinajstić information content (AvgIpc) is 2.29. The maximum atomic E-state index is 3.70. The third-order valence-corrected chi connectivity index (χ3v) is 4.37. The summed E-state index contributed by atoms with van der Waals surface area (Å²) in [5.41, 5.74) is 3.58. The van der Waals surface area contributed by atoms with E-state index in [1.165, 1.54) is 32.2 Å². The van der Waals surface area contributed by atoms with Crippen LogP contribution in [-0.4, -0.2) is 12.6 Å². The van der Waals surface area contributed by atoms with Gasteiger partial charge in [-0.05, 0) is 43.4 Å². The molecule has 3 rings (SSSR count). The van der Waals surface area contributed by atoms with E-state index in [4.69, 9.17) is 0 Å². The van der Waals surface area contributed by atoms with Crippen LogP contribution in [0.3, 0.4) is 0 Å². The predicted molar refractivity (Wildman–Crippen MR) is 63.1 cm³/mol. The second-order valence-corrected chi connectivity index (χ2v) is 5.22. The lowest BCUT2D eigenvalue weighted by atomic mass is 9.64. The number of fused-ring (bicyclic) bond motifs is 3. The Morgan fingerprint density at radius 2 is 2.20 bits per heavy atom. The van der Waals surface area contributed by atoms with Crippen molar-refractivity contribution in [2.45, 2.75) is 44.1 Å². The summed E-state index contributed by atoms with van der Waals surface area (Å²) >= 11 is 0. The summed E-state index contributed by atoms with van der Waals surface area (Å²) in [5.74, 6) is 0. The SMILES string of the molecule is CC12CCCNC1CCc1ccccc12. The van der Waals surface area contributed by atoms with Gasteiger partial charge in [0.1, 0.15) is 0 Å². The van der Waals surface area contributed by atoms with Crippen molar-refractivity contribution in [3.05, 3.63) is 35.4 Å². The predicted octanol–water partition coefficient (Wildman–Crippen LogP) is 2.64. The molecular formula is C14H19N. The molecule has 1 N–H and O–H groups in total. The molecule has 1 fully saturated rings. The quantitative estimate of drug-likeness (QED) is 0.680. The zero-order chi connectivity index (χ0) is 10.3. The van der Waals surface area contributed by atoms with Crippen LogP contribution in [0.15, 0.2) is 24.3 Å². The van der Waals surface area contributed by atoms with Crippen molar-refractivity contribution in [1.29, 1.82) is 0 Å². The van der Waals surface area contributed by atoms with Gasteiger partial charge in [0.25, 0.3) is 0 Å². The molecule has 0 aromatic heterocycles. The summed E-state index contributed by atoms with van der Waals surface area (Å²) in [7, 11) is 0. The van der Waals surface area contributed by atoms with Gasteiger partial charge in [0.05, 0.1) is 0 Å². The Balaban J connectivity index is 2.09. The molecule has 1 aliphatic carbocycles. The van der Waals surface area contributed by atoms with Gasteiger partial charge in [-0.25, -0.2) is 0 Å². The number of hydrogen-bond donors (Lipinski definition) is 1. The monoisotopic (exact) mass is 201 g/mol. The van der Waals surface area contributed by atoms with Crippen LogP contribution in [-0.2, 0) is 11.8 Å². The van der Waals surface area contributed by atoms with Crippen molar-refractivity contribution in [3.63, 3.8) is 0 Å². The van der Waals surface area contributed by atoms with Crippen molar-refractivity contribution in [3.8, 4) is 0 Å². The molecule has 0 bridgehead atoms. The van der Waals surface area contributed by atoms with Crippen molar-refractivity contribution in [2.24, 2.45) is 0 Å². The van der Waals surface area contributed by atoms with Gasteiger partial charge in [-0.3, -0.25) is 0 Å². The van der Waals surface area contributed by atoms with Gasteiger partial charge in [-0.1, -0.05) is 31.2 Å². The molecule has 1 heteroatoms. The van der Waals surface area contributed by atoms with Crippen LogP contribution in [0.4, 0.5) is 0 Å². The lowest BCUT2D eigenvalue weighted by Crippen LogP contribution is -2.53. The summed E-state index contributed by atoms with van der Waals surface area (Å²) in [4.78, 5) is 0. The Morgan fingerprint density at radius 3 is 3.13 bits per heavy atom. The topological polar surface area (TPSA) is 12.0 Å². The first-order chi connectivity index (χ1) is 7.31. The van der Waals surface area contributed by atoms with Gasteiger partial charge in [0.15, 0.2) is 0 Å². The van der Waals surface area contributed by atoms with E-state index < -0.39 is 0 Å². The van der Waals surface area contributed by atoms with Crippen molar-refractivity contribution in [1.82, 2.24) is 5.32 Å². The third kappa shape index (κ3) is 1.33. The highest BCUT2D eigenvalue weighted by molar-refractivity contribution is 5.38. The molecule has 15 heavy (non-hydrogen) atoms. The molecule has 0 amide bonds. The standard InChI is InChI=1S/C14H19N/c1-14-9-4-10-15-13(14)8-7-11-5-2-3-6-12(11)14/h2-3,5-6,13,15H,4,7-10H2,1H3. The Bertz CT molecular complexity index is 371. The van der Waals surface area contributed by atoms with Crippen LogP contribution in [0.5, 0.6) is 0 Å². The van der Waals surface area contributed by atoms with Crippen molar-refractivity contribution in [2.75, 3.05) is 6.54 Å². The van der Waals surface area contributed by atoms with E-state index in [1.54, 1.807) is 11.1 Å². The summed E-state index contributed by atoms with van der Waals surface area (Å²) in [6.45, 7) is 3.66. The Morgan fingerprint density at radius 1 is 1.33 bits per heavy atom. The fourth-order valence-corrected chi connectivity index (χ4v) is 3.47. The van der Waals surface area contributed by atoms with E-state index >= 15 is 0 Å². The summed E-state index contributed by atoms with van der Waals surface area (Å²) in [5, 5.41) is 3.70. The molecule has 0 radical (unpaired) electrons. The molecular weight excluding hydrogens is 182 g/mol. The molecule has 1 aromatic carbocycles. The largest absolute Gasteiger partial charge is 0.313 e. The number of benzene rings is 1. The molecule has 1 heterocycles. The minimum Gasteiger partial charge on any atom is -0.313 e. The van der Waals surface area contributed by atoms with Crippen LogP contribution in [0.1, 0.15) is 37.3 Å². The minimum absolute atomic E-state index is 0.396. The second kappa shape index (κ2) is 3.34. The maximum Gasteiger partial charge on any atom is 0.0165 e. The van der Waals surface area contributed by atoms with E-state index in [-0.39, 0.29) is 0 Å². The van der Waals surface area contributed by atoms with Crippen LogP contribution in [0, 0.1) is 0 Å². The fourth-order valence-electron chi connectivity index (χ4n) is 3.47. The summed E-state index contributed by atoms with van der Waals surface area (Å²) < 4.78 is 0. The van der Waals surface area contributed by atoms with Gasteiger partial charge >= 0.3 is 0 Å². The second-order valence-electron chi connectivity index (χ2n) is 5.22. The Kier molecular flexibility index (Phi) is 2.10. The zero-order valence-electron chi connectivity index (χ0n) is 9.42. The number of hydrogen-bond acceptors (Lipinski definition) is 1. The number of aryl methyl sites for hydroxylation is 1. The fraction of sp³-hybridized carbons (Fsp3) is 0.571. The lowest BCUT2D eigenvalue weighted by molar-refractivity contribution is 0.220. The first-order valence-corrected chi connectivity index (χ1v) is 6.12. The van der Waals surface area contributed by atoms with Crippen LogP contribution < -0.4 is 5.32 Å². The molecule has 80 valence electrons. The van der Waals surface area contributed by atoms with E-state index in [0.717, 1.165) is 0 Å². The Hall–Kier alpha value is -0.820. The summed E-state index contributed by atoms with van der Waals surface area (Å²) in [6.07, 6.45) is 5.24. The molecule has 2 aliphatic rings. The molecule has 1 aliphatic heterocycles. The smallest absolute Gasteiger partial charge is 0.0165 e. The highest BCUT2D eigenvalue weighted by Gasteiger charge is 2.41. The molecule has 2 unspecified atom stereocenters. The van der Waals surface area contributed by atoms with Crippen LogP contribution >= 0.6 is 0 Å². The van der Waals surface area contributed by atoms with Gasteiger partial charge in [-0.2, -0.15) is 0 Å². The van der Waals surface area contributed by atoms with Gasteiger partial charge in [0, 0.05) is 11.5 Å². The normalized spacial score (nSPS) is 34.3. The first-order valence-electron chi connectivity index (χ1n) is 6.12. The highest BCUT2D eigenvalue weighted by Crippen LogP contribution is 2.42. The van der Waals surface area contributed by atoms with Crippen LogP contribution in [0.25, 0.3) is 0 Å². The molecule has 1 aromatic rings. The molecule has 1 nitrogen and oxygen atoms in total. The van der Waals surface area contributed by atoms with E-state index in [9.17, 15) is 0 Å². The van der Waals surface area contributed by atoms with Gasteiger partial charge < -0.3 is 5.32 Å². The number of piperidine rings is 1. The minimum atomic E-state index is 0.396. The van der Waals surface area contributed by atoms with Crippen molar-refractivity contribution >= 4 is 0 Å². The molecule has 0 saturated carbocycles. The summed E-state index contributed by atoms with van der Waals surface area (Å²) in [6, 6.07) is 9.74. The van der Waals surface area contributed by atoms with Crippen molar-refractivity contribution < 1.29 is 0 Å². The first kappa shape index (κ1) is 9.41. The van der Waals surface area contributed by atoms with Crippen LogP contribution in [0.2, 0.25) is 0 Å². The average molecular weight is 201 g/mol. The molecule has 0 spiro atoms. The van der Waals surface area contributed by atoms with E-state index in [1.807, 2.05) is 0 Å².